The van der Waals surface area contributed by atoms with Crippen LogP contribution < -0.4 is 10.1 Å². The van der Waals surface area contributed by atoms with E-state index in [-0.39, 0.29) is 4.90 Å². The van der Waals surface area contributed by atoms with Gasteiger partial charge in [-0.25, -0.2) is 18.4 Å². The minimum absolute atomic E-state index is 0.282. The maximum atomic E-state index is 11.9. The van der Waals surface area contributed by atoms with Gasteiger partial charge in [0.25, 0.3) is 0 Å². The van der Waals surface area contributed by atoms with Gasteiger partial charge < -0.3 is 10.1 Å². The predicted molar refractivity (Wildman–Crippen MR) is 122 cm³/mol. The molecule has 3 aromatic rings. The number of hydrogen-bond donors (Lipinski definition) is 1. The molecule has 0 bridgehead atoms. The second-order valence-electron chi connectivity index (χ2n) is 8.12. The van der Waals surface area contributed by atoms with Crippen LogP contribution in [0.1, 0.15) is 18.4 Å². The van der Waals surface area contributed by atoms with Crippen molar-refractivity contribution in [1.82, 2.24) is 14.9 Å². The van der Waals surface area contributed by atoms with Crippen LogP contribution in [0.4, 0.5) is 5.82 Å². The van der Waals surface area contributed by atoms with E-state index in [1.54, 1.807) is 25.3 Å². The third kappa shape index (κ3) is 5.32. The summed E-state index contributed by atoms with van der Waals surface area (Å²) in [6, 6.07) is 13.2. The Kier molecular flexibility index (Phi) is 6.38. The zero-order valence-corrected chi connectivity index (χ0v) is 18.7. The molecule has 2 heterocycles. The van der Waals surface area contributed by atoms with Crippen molar-refractivity contribution >= 4 is 26.6 Å². The second kappa shape index (κ2) is 9.20. The van der Waals surface area contributed by atoms with Gasteiger partial charge in [0.2, 0.25) is 0 Å². The third-order valence-electron chi connectivity index (χ3n) is 5.87. The van der Waals surface area contributed by atoms with Crippen LogP contribution in [0.25, 0.3) is 10.9 Å². The zero-order chi connectivity index (χ0) is 21.8. The number of nitrogens with zero attached hydrogens (tertiary/aromatic N) is 3. The van der Waals surface area contributed by atoms with Gasteiger partial charge >= 0.3 is 0 Å². The molecule has 1 fully saturated rings. The molecular weight excluding hydrogens is 412 g/mol. The Labute approximate surface area is 183 Å². The van der Waals surface area contributed by atoms with Crippen LogP contribution in [-0.4, -0.2) is 56.3 Å². The molecule has 1 aromatic heterocycles. The molecule has 164 valence electrons. The van der Waals surface area contributed by atoms with E-state index < -0.39 is 9.84 Å². The van der Waals surface area contributed by atoms with E-state index in [1.807, 2.05) is 12.1 Å². The van der Waals surface area contributed by atoms with Crippen LogP contribution in [0.5, 0.6) is 5.75 Å². The molecule has 1 aliphatic rings. The largest absolute Gasteiger partial charge is 0.497 e. The van der Waals surface area contributed by atoms with E-state index in [0.717, 1.165) is 55.7 Å². The Morgan fingerprint density at radius 2 is 1.84 bits per heavy atom. The standard InChI is InChI=1S/C23H28N4O3S/c1-30-19-5-3-18(4-6-19)15-27-11-9-17(10-12-27)14-24-23-21-13-20(31(2,28)29)7-8-22(21)25-16-26-23/h3-8,13,16-17H,9-12,14-15H2,1-2H3,(H,24,25,26). The van der Waals surface area contributed by atoms with Crippen molar-refractivity contribution in [3.8, 4) is 5.75 Å². The second-order valence-corrected chi connectivity index (χ2v) is 10.1. The summed E-state index contributed by atoms with van der Waals surface area (Å²) in [4.78, 5) is 11.4. The number of hydrogen-bond acceptors (Lipinski definition) is 7. The molecule has 0 radical (unpaired) electrons. The summed E-state index contributed by atoms with van der Waals surface area (Å²) in [7, 11) is -1.60. The minimum Gasteiger partial charge on any atom is -0.497 e. The van der Waals surface area contributed by atoms with Crippen molar-refractivity contribution in [2.75, 3.05) is 38.3 Å². The number of anilines is 1. The average Bonchev–Trinajstić information content (AvgIpc) is 2.78. The van der Waals surface area contributed by atoms with Crippen molar-refractivity contribution in [3.63, 3.8) is 0 Å². The van der Waals surface area contributed by atoms with Gasteiger partial charge in [0.1, 0.15) is 17.9 Å². The summed E-state index contributed by atoms with van der Waals surface area (Å²) in [5.41, 5.74) is 2.03. The number of sulfone groups is 1. The topological polar surface area (TPSA) is 84.4 Å². The summed E-state index contributed by atoms with van der Waals surface area (Å²) in [6.07, 6.45) is 4.95. The number of piperidine rings is 1. The molecule has 0 spiro atoms. The normalized spacial score (nSPS) is 15.8. The molecule has 1 aliphatic heterocycles. The molecular formula is C23H28N4O3S. The lowest BCUT2D eigenvalue weighted by atomic mass is 9.96. The predicted octanol–water partition coefficient (Wildman–Crippen LogP) is 3.37. The molecule has 7 nitrogen and oxygen atoms in total. The lowest BCUT2D eigenvalue weighted by molar-refractivity contribution is 0.182. The smallest absolute Gasteiger partial charge is 0.175 e. The van der Waals surface area contributed by atoms with Gasteiger partial charge in [-0.3, -0.25) is 4.90 Å². The monoisotopic (exact) mass is 440 g/mol. The summed E-state index contributed by atoms with van der Waals surface area (Å²) in [5.74, 6) is 2.13. The van der Waals surface area contributed by atoms with Crippen LogP contribution in [-0.2, 0) is 16.4 Å². The van der Waals surface area contributed by atoms with Gasteiger partial charge in [-0.05, 0) is 67.7 Å². The number of methoxy groups -OCH3 is 1. The molecule has 0 unspecified atom stereocenters. The highest BCUT2D eigenvalue weighted by molar-refractivity contribution is 7.90. The summed E-state index contributed by atoms with van der Waals surface area (Å²) in [6.45, 7) is 3.88. The van der Waals surface area contributed by atoms with E-state index in [1.165, 1.54) is 18.1 Å². The number of nitrogens with one attached hydrogen (secondary N) is 1. The SMILES string of the molecule is COc1ccc(CN2CCC(CNc3ncnc4ccc(S(C)(=O)=O)cc34)CC2)cc1. The Bertz CT molecular complexity index is 1140. The number of rotatable bonds is 7. The maximum absolute atomic E-state index is 11.9. The average molecular weight is 441 g/mol. The van der Waals surface area contributed by atoms with E-state index >= 15 is 0 Å². The number of benzene rings is 2. The van der Waals surface area contributed by atoms with Gasteiger partial charge in [-0.1, -0.05) is 12.1 Å². The first kappa shape index (κ1) is 21.5. The van der Waals surface area contributed by atoms with Crippen molar-refractivity contribution in [2.45, 2.75) is 24.3 Å². The first-order chi connectivity index (χ1) is 14.9. The molecule has 31 heavy (non-hydrogen) atoms. The van der Waals surface area contributed by atoms with Gasteiger partial charge in [0.15, 0.2) is 9.84 Å². The van der Waals surface area contributed by atoms with Crippen LogP contribution in [0.2, 0.25) is 0 Å². The summed E-state index contributed by atoms with van der Waals surface area (Å²) < 4.78 is 29.1. The maximum Gasteiger partial charge on any atom is 0.175 e. The Hall–Kier alpha value is -2.71. The lowest BCUT2D eigenvalue weighted by Gasteiger charge is -2.32. The van der Waals surface area contributed by atoms with Gasteiger partial charge in [-0.2, -0.15) is 0 Å². The molecule has 0 aliphatic carbocycles. The van der Waals surface area contributed by atoms with Crippen molar-refractivity contribution in [3.05, 3.63) is 54.4 Å². The highest BCUT2D eigenvalue weighted by Gasteiger charge is 2.20. The zero-order valence-electron chi connectivity index (χ0n) is 17.9. The van der Waals surface area contributed by atoms with Crippen LogP contribution >= 0.6 is 0 Å². The number of ether oxygens (including phenoxy) is 1. The van der Waals surface area contributed by atoms with Crippen molar-refractivity contribution < 1.29 is 13.2 Å². The molecule has 0 saturated carbocycles. The number of fused-ring (bicyclic) bond motifs is 1. The van der Waals surface area contributed by atoms with Gasteiger partial charge in [-0.15, -0.1) is 0 Å². The molecule has 0 atom stereocenters. The van der Waals surface area contributed by atoms with Gasteiger partial charge in [0, 0.05) is 24.7 Å². The molecule has 0 amide bonds. The van der Waals surface area contributed by atoms with E-state index in [9.17, 15) is 8.42 Å². The number of aromatic nitrogens is 2. The fourth-order valence-corrected chi connectivity index (χ4v) is 4.63. The van der Waals surface area contributed by atoms with E-state index in [2.05, 4.69) is 32.3 Å². The van der Waals surface area contributed by atoms with Crippen LogP contribution in [0, 0.1) is 5.92 Å². The Morgan fingerprint density at radius 3 is 2.52 bits per heavy atom. The highest BCUT2D eigenvalue weighted by atomic mass is 32.2. The summed E-state index contributed by atoms with van der Waals surface area (Å²) >= 11 is 0. The Morgan fingerprint density at radius 1 is 1.10 bits per heavy atom. The molecule has 2 aromatic carbocycles. The molecule has 1 N–H and O–H groups in total. The summed E-state index contributed by atoms with van der Waals surface area (Å²) in [5, 5.41) is 4.17. The van der Waals surface area contributed by atoms with E-state index in [0.29, 0.717) is 11.7 Å². The third-order valence-corrected chi connectivity index (χ3v) is 6.98. The number of likely N-dealkylation sites (tertiary alicyclic amines) is 1. The first-order valence-electron chi connectivity index (χ1n) is 10.5. The van der Waals surface area contributed by atoms with Crippen molar-refractivity contribution in [1.29, 1.82) is 0 Å². The first-order valence-corrected chi connectivity index (χ1v) is 12.4. The van der Waals surface area contributed by atoms with E-state index in [4.69, 9.17) is 4.74 Å². The van der Waals surface area contributed by atoms with Crippen LogP contribution in [0.15, 0.2) is 53.7 Å². The lowest BCUT2D eigenvalue weighted by Crippen LogP contribution is -2.35. The Balaban J connectivity index is 1.34. The quantitative estimate of drug-likeness (QED) is 0.603. The molecule has 4 rings (SSSR count). The fraction of sp³-hybridized carbons (Fsp3) is 0.391. The van der Waals surface area contributed by atoms with Crippen LogP contribution in [0.3, 0.4) is 0 Å². The highest BCUT2D eigenvalue weighted by Crippen LogP contribution is 2.25. The fourth-order valence-electron chi connectivity index (χ4n) is 3.99. The minimum atomic E-state index is -3.28. The molecule has 8 heteroatoms. The van der Waals surface area contributed by atoms with Gasteiger partial charge in [0.05, 0.1) is 17.5 Å². The van der Waals surface area contributed by atoms with Crippen molar-refractivity contribution in [2.24, 2.45) is 5.92 Å². The molecule has 1 saturated heterocycles.